The Morgan fingerprint density at radius 2 is 1.73 bits per heavy atom. The summed E-state index contributed by atoms with van der Waals surface area (Å²) in [6, 6.07) is 17.8. The van der Waals surface area contributed by atoms with E-state index in [9.17, 15) is 4.79 Å². The highest BCUT2D eigenvalue weighted by Gasteiger charge is 2.41. The van der Waals surface area contributed by atoms with E-state index in [1.54, 1.807) is 0 Å². The molecule has 2 nitrogen and oxygen atoms in total. The van der Waals surface area contributed by atoms with Crippen LogP contribution in [0.5, 0.6) is 5.75 Å². The van der Waals surface area contributed by atoms with Crippen molar-refractivity contribution in [2.45, 2.75) is 44.6 Å². The van der Waals surface area contributed by atoms with Crippen LogP contribution in [0.2, 0.25) is 0 Å². The predicted molar refractivity (Wildman–Crippen MR) is 88.3 cm³/mol. The van der Waals surface area contributed by atoms with Gasteiger partial charge in [0, 0.05) is 0 Å². The second-order valence-electron chi connectivity index (χ2n) is 6.02. The van der Waals surface area contributed by atoms with Crippen LogP contribution in [0.1, 0.15) is 54.9 Å². The van der Waals surface area contributed by atoms with Gasteiger partial charge in [-0.15, -0.1) is 0 Å². The van der Waals surface area contributed by atoms with Gasteiger partial charge in [0.2, 0.25) is 0 Å². The van der Waals surface area contributed by atoms with Crippen molar-refractivity contribution in [3.8, 4) is 5.75 Å². The van der Waals surface area contributed by atoms with E-state index in [0.29, 0.717) is 12.0 Å². The summed E-state index contributed by atoms with van der Waals surface area (Å²) in [6.45, 7) is 2.19. The Labute approximate surface area is 132 Å². The molecule has 1 heterocycles. The zero-order valence-corrected chi connectivity index (χ0v) is 13.0. The zero-order chi connectivity index (χ0) is 15.4. The topological polar surface area (TPSA) is 26.3 Å². The van der Waals surface area contributed by atoms with Crippen molar-refractivity contribution in [2.75, 3.05) is 0 Å². The minimum absolute atomic E-state index is 0.183. The first-order chi connectivity index (χ1) is 10.7. The van der Waals surface area contributed by atoms with E-state index < -0.39 is 5.60 Å². The molecule has 1 aliphatic rings. The summed E-state index contributed by atoms with van der Waals surface area (Å²) < 4.78 is 6.40. The molecule has 2 heteroatoms. The van der Waals surface area contributed by atoms with Crippen molar-refractivity contribution >= 4 is 5.78 Å². The standard InChI is InChI=1S/C20H22O2/c1-2-3-9-14-20(16-10-5-4-6-11-16)15-18(21)17-12-7-8-13-19(17)22-20/h4-8,10-13H,2-3,9,14-15H2,1H3. The molecule has 0 saturated carbocycles. The van der Waals surface area contributed by atoms with Gasteiger partial charge in [-0.3, -0.25) is 4.79 Å². The maximum atomic E-state index is 12.6. The van der Waals surface area contributed by atoms with Crippen molar-refractivity contribution < 1.29 is 9.53 Å². The fourth-order valence-electron chi connectivity index (χ4n) is 3.23. The zero-order valence-electron chi connectivity index (χ0n) is 13.0. The molecule has 2 aromatic carbocycles. The Morgan fingerprint density at radius 3 is 2.50 bits per heavy atom. The molecule has 0 radical (unpaired) electrons. The summed E-state index contributed by atoms with van der Waals surface area (Å²) >= 11 is 0. The first-order valence-electron chi connectivity index (χ1n) is 8.12. The molecule has 0 bridgehead atoms. The Kier molecular flexibility index (Phi) is 4.28. The molecule has 1 unspecified atom stereocenters. The molecule has 1 aliphatic heterocycles. The fraction of sp³-hybridized carbons (Fsp3) is 0.350. The first-order valence-corrected chi connectivity index (χ1v) is 8.12. The molecular weight excluding hydrogens is 272 g/mol. The Balaban J connectivity index is 1.99. The van der Waals surface area contributed by atoms with Gasteiger partial charge in [-0.1, -0.05) is 62.2 Å². The maximum absolute atomic E-state index is 12.6. The number of carbonyl (C=O) groups excluding carboxylic acids is 1. The number of carbonyl (C=O) groups is 1. The molecule has 0 fully saturated rings. The summed E-state index contributed by atoms with van der Waals surface area (Å²) in [5.74, 6) is 0.904. The van der Waals surface area contributed by atoms with Gasteiger partial charge in [-0.2, -0.15) is 0 Å². The Bertz CT molecular complexity index is 648. The van der Waals surface area contributed by atoms with Crippen LogP contribution in [0.15, 0.2) is 54.6 Å². The van der Waals surface area contributed by atoms with Crippen LogP contribution in [-0.2, 0) is 5.60 Å². The second-order valence-corrected chi connectivity index (χ2v) is 6.02. The third-order valence-electron chi connectivity index (χ3n) is 4.42. The van der Waals surface area contributed by atoms with Crippen molar-refractivity contribution in [2.24, 2.45) is 0 Å². The number of ether oxygens (including phenoxy) is 1. The number of benzene rings is 2. The summed E-state index contributed by atoms with van der Waals surface area (Å²) in [4.78, 5) is 12.6. The van der Waals surface area contributed by atoms with Crippen LogP contribution in [0, 0.1) is 0 Å². The van der Waals surface area contributed by atoms with Gasteiger partial charge in [-0.05, 0) is 30.5 Å². The van der Waals surface area contributed by atoms with Crippen molar-refractivity contribution in [3.63, 3.8) is 0 Å². The van der Waals surface area contributed by atoms with Crippen molar-refractivity contribution in [1.82, 2.24) is 0 Å². The van der Waals surface area contributed by atoms with Crippen LogP contribution < -0.4 is 4.74 Å². The molecule has 3 rings (SSSR count). The van der Waals surface area contributed by atoms with E-state index in [1.807, 2.05) is 42.5 Å². The van der Waals surface area contributed by atoms with E-state index in [-0.39, 0.29) is 5.78 Å². The fourth-order valence-corrected chi connectivity index (χ4v) is 3.23. The lowest BCUT2D eigenvalue weighted by Crippen LogP contribution is -2.39. The maximum Gasteiger partial charge on any atom is 0.170 e. The lowest BCUT2D eigenvalue weighted by Gasteiger charge is -2.38. The number of unbranched alkanes of at least 4 members (excludes halogenated alkanes) is 2. The number of fused-ring (bicyclic) bond motifs is 1. The number of Topliss-reactive ketones (excluding diaryl/α,β-unsaturated/α-hetero) is 1. The molecule has 0 aliphatic carbocycles. The SMILES string of the molecule is CCCCCC1(c2ccccc2)CC(=O)c2ccccc2O1. The van der Waals surface area contributed by atoms with E-state index in [2.05, 4.69) is 19.1 Å². The molecule has 22 heavy (non-hydrogen) atoms. The van der Waals surface area contributed by atoms with Gasteiger partial charge >= 0.3 is 0 Å². The molecular formula is C20H22O2. The molecule has 114 valence electrons. The minimum atomic E-state index is -0.512. The highest BCUT2D eigenvalue weighted by Crippen LogP contribution is 2.42. The molecule has 0 aromatic heterocycles. The highest BCUT2D eigenvalue weighted by molar-refractivity contribution is 6.00. The Morgan fingerprint density at radius 1 is 1.00 bits per heavy atom. The van der Waals surface area contributed by atoms with Crippen LogP contribution in [0.3, 0.4) is 0 Å². The van der Waals surface area contributed by atoms with Gasteiger partial charge in [0.1, 0.15) is 11.4 Å². The number of hydrogen-bond donors (Lipinski definition) is 0. The molecule has 1 atom stereocenters. The molecule has 2 aromatic rings. The largest absolute Gasteiger partial charge is 0.481 e. The third-order valence-corrected chi connectivity index (χ3v) is 4.42. The number of ketones is 1. The Hall–Kier alpha value is -2.09. The first kappa shape index (κ1) is 14.8. The lowest BCUT2D eigenvalue weighted by atomic mass is 9.80. The number of rotatable bonds is 5. The van der Waals surface area contributed by atoms with Crippen LogP contribution in [-0.4, -0.2) is 5.78 Å². The van der Waals surface area contributed by atoms with E-state index in [0.717, 1.165) is 37.0 Å². The summed E-state index contributed by atoms with van der Waals surface area (Å²) in [6.07, 6.45) is 4.70. The number of para-hydroxylation sites is 1. The van der Waals surface area contributed by atoms with Gasteiger partial charge < -0.3 is 4.74 Å². The van der Waals surface area contributed by atoms with Gasteiger partial charge in [0.25, 0.3) is 0 Å². The smallest absolute Gasteiger partial charge is 0.170 e. The molecule has 0 amide bonds. The summed E-state index contributed by atoms with van der Waals surface area (Å²) in [7, 11) is 0. The summed E-state index contributed by atoms with van der Waals surface area (Å²) in [5.41, 5.74) is 1.31. The highest BCUT2D eigenvalue weighted by atomic mass is 16.5. The molecule has 0 spiro atoms. The van der Waals surface area contributed by atoms with Crippen LogP contribution in [0.25, 0.3) is 0 Å². The minimum Gasteiger partial charge on any atom is -0.481 e. The monoisotopic (exact) mass is 294 g/mol. The predicted octanol–water partition coefficient (Wildman–Crippen LogP) is 5.13. The third kappa shape index (κ3) is 2.78. The van der Waals surface area contributed by atoms with Crippen LogP contribution in [0.4, 0.5) is 0 Å². The van der Waals surface area contributed by atoms with E-state index in [1.165, 1.54) is 0 Å². The second kappa shape index (κ2) is 6.35. The van der Waals surface area contributed by atoms with Gasteiger partial charge in [0.05, 0.1) is 12.0 Å². The lowest BCUT2D eigenvalue weighted by molar-refractivity contribution is 0.0297. The average molecular weight is 294 g/mol. The van der Waals surface area contributed by atoms with Crippen molar-refractivity contribution in [3.05, 3.63) is 65.7 Å². The van der Waals surface area contributed by atoms with Gasteiger partial charge in [0.15, 0.2) is 5.78 Å². The van der Waals surface area contributed by atoms with Gasteiger partial charge in [-0.25, -0.2) is 0 Å². The molecule has 0 N–H and O–H groups in total. The average Bonchev–Trinajstić information content (AvgIpc) is 2.56. The van der Waals surface area contributed by atoms with Crippen LogP contribution >= 0.6 is 0 Å². The number of hydrogen-bond acceptors (Lipinski definition) is 2. The summed E-state index contributed by atoms with van der Waals surface area (Å²) in [5, 5.41) is 0. The van der Waals surface area contributed by atoms with E-state index in [4.69, 9.17) is 4.74 Å². The van der Waals surface area contributed by atoms with Crippen molar-refractivity contribution in [1.29, 1.82) is 0 Å². The molecule has 0 saturated heterocycles. The van der Waals surface area contributed by atoms with E-state index >= 15 is 0 Å². The quantitative estimate of drug-likeness (QED) is 0.715. The normalized spacial score (nSPS) is 20.3.